The van der Waals surface area contributed by atoms with Crippen molar-refractivity contribution in [3.63, 3.8) is 0 Å². The van der Waals surface area contributed by atoms with Gasteiger partial charge in [-0.1, -0.05) is 11.6 Å². The zero-order valence-corrected chi connectivity index (χ0v) is 17.4. The molecule has 0 aliphatic carbocycles. The molecule has 0 spiro atoms. The van der Waals surface area contributed by atoms with Crippen molar-refractivity contribution in [3.8, 4) is 0 Å². The molecule has 0 aromatic heterocycles. The van der Waals surface area contributed by atoms with E-state index in [2.05, 4.69) is 0 Å². The van der Waals surface area contributed by atoms with E-state index in [4.69, 9.17) is 11.6 Å². The van der Waals surface area contributed by atoms with Crippen LogP contribution in [0.5, 0.6) is 0 Å². The maximum Gasteiger partial charge on any atom is 0.251 e. The van der Waals surface area contributed by atoms with Crippen LogP contribution in [0.4, 0.5) is 10.1 Å². The molecule has 158 valence electrons. The second-order valence-electron chi connectivity index (χ2n) is 7.16. The van der Waals surface area contributed by atoms with Crippen molar-refractivity contribution in [1.82, 2.24) is 9.21 Å². The zero-order valence-electron chi connectivity index (χ0n) is 15.9. The summed E-state index contributed by atoms with van der Waals surface area (Å²) >= 11 is 5.83. The number of sulfonamides is 1. The number of halogens is 2. The van der Waals surface area contributed by atoms with Crippen molar-refractivity contribution in [3.05, 3.63) is 59.4 Å². The first-order chi connectivity index (χ1) is 14.3. The Morgan fingerprint density at radius 3 is 2.10 bits per heavy atom. The van der Waals surface area contributed by atoms with Crippen LogP contribution in [0.2, 0.25) is 5.02 Å². The van der Waals surface area contributed by atoms with E-state index in [1.807, 2.05) is 4.90 Å². The molecule has 1 unspecified atom stereocenters. The van der Waals surface area contributed by atoms with Crippen LogP contribution in [0.15, 0.2) is 53.4 Å². The molecule has 0 bridgehead atoms. The molecule has 2 aliphatic rings. The Labute approximate surface area is 178 Å². The number of carbonyl (C=O) groups excluding carboxylic acids is 2. The summed E-state index contributed by atoms with van der Waals surface area (Å²) in [4.78, 5) is 28.3. The lowest BCUT2D eigenvalue weighted by molar-refractivity contribution is -0.123. The summed E-state index contributed by atoms with van der Waals surface area (Å²) in [5.41, 5.74) is 0.331. The van der Waals surface area contributed by atoms with E-state index in [-0.39, 0.29) is 36.2 Å². The fourth-order valence-corrected chi connectivity index (χ4v) is 5.32. The Balaban J connectivity index is 1.44. The van der Waals surface area contributed by atoms with Gasteiger partial charge in [0.15, 0.2) is 0 Å². The summed E-state index contributed by atoms with van der Waals surface area (Å²) < 4.78 is 40.1. The number of hydrogen-bond donors (Lipinski definition) is 0. The number of nitrogens with zero attached hydrogens (tertiary/aromatic N) is 3. The molecule has 2 aliphatic heterocycles. The van der Waals surface area contributed by atoms with Crippen LogP contribution in [0.1, 0.15) is 6.42 Å². The summed E-state index contributed by atoms with van der Waals surface area (Å²) in [6, 6.07) is 10.5. The molecule has 2 saturated heterocycles. The molecule has 1 atom stereocenters. The Hall–Kier alpha value is -2.33. The number of rotatable bonds is 4. The molecule has 2 amide bonds. The normalized spacial score (nSPS) is 21.4. The van der Waals surface area contributed by atoms with E-state index >= 15 is 0 Å². The van der Waals surface area contributed by atoms with Gasteiger partial charge in [-0.3, -0.25) is 14.5 Å². The van der Waals surface area contributed by atoms with Gasteiger partial charge in [-0.2, -0.15) is 4.31 Å². The average molecular weight is 452 g/mol. The first kappa shape index (κ1) is 20.9. The van der Waals surface area contributed by atoms with E-state index < -0.39 is 21.9 Å². The summed E-state index contributed by atoms with van der Waals surface area (Å²) in [5, 5.41) is 0.453. The van der Waals surface area contributed by atoms with Gasteiger partial charge in [-0.25, -0.2) is 17.7 Å². The van der Waals surface area contributed by atoms with Crippen LogP contribution in [0, 0.1) is 5.82 Å². The van der Waals surface area contributed by atoms with Crippen LogP contribution >= 0.6 is 11.6 Å². The van der Waals surface area contributed by atoms with Crippen molar-refractivity contribution in [1.29, 1.82) is 0 Å². The largest absolute Gasteiger partial charge is 0.289 e. The molecule has 2 fully saturated rings. The van der Waals surface area contributed by atoms with Gasteiger partial charge >= 0.3 is 0 Å². The molecule has 4 rings (SSSR count). The van der Waals surface area contributed by atoms with Crippen LogP contribution in [-0.2, 0) is 19.6 Å². The molecule has 2 aromatic rings. The van der Waals surface area contributed by atoms with Crippen molar-refractivity contribution in [2.24, 2.45) is 0 Å². The molecule has 10 heteroatoms. The zero-order chi connectivity index (χ0) is 21.5. The fraction of sp³-hybridized carbons (Fsp3) is 0.300. The van der Waals surface area contributed by atoms with Crippen molar-refractivity contribution in [2.45, 2.75) is 17.4 Å². The summed E-state index contributed by atoms with van der Waals surface area (Å²) in [6.45, 7) is 1.07. The SMILES string of the molecule is O=C1CC(N2CCN(S(=O)(=O)c3ccc(Cl)cc3)CC2)C(=O)N1c1ccc(F)cc1. The predicted molar refractivity (Wildman–Crippen MR) is 109 cm³/mol. The first-order valence-electron chi connectivity index (χ1n) is 9.39. The van der Waals surface area contributed by atoms with Gasteiger partial charge in [0.1, 0.15) is 5.82 Å². The van der Waals surface area contributed by atoms with Gasteiger partial charge in [0, 0.05) is 31.2 Å². The van der Waals surface area contributed by atoms with Gasteiger partial charge in [-0.15, -0.1) is 0 Å². The molecule has 30 heavy (non-hydrogen) atoms. The van der Waals surface area contributed by atoms with Crippen molar-refractivity contribution in [2.75, 3.05) is 31.1 Å². The highest BCUT2D eigenvalue weighted by atomic mass is 35.5. The van der Waals surface area contributed by atoms with E-state index in [1.54, 1.807) is 0 Å². The molecule has 7 nitrogen and oxygen atoms in total. The minimum absolute atomic E-state index is 0.0140. The highest BCUT2D eigenvalue weighted by molar-refractivity contribution is 7.89. The Morgan fingerprint density at radius 1 is 0.900 bits per heavy atom. The number of carbonyl (C=O) groups is 2. The van der Waals surface area contributed by atoms with Gasteiger partial charge < -0.3 is 0 Å². The summed E-state index contributed by atoms with van der Waals surface area (Å²) in [6.07, 6.45) is 0.0140. The van der Waals surface area contributed by atoms with Gasteiger partial charge in [0.2, 0.25) is 15.9 Å². The van der Waals surface area contributed by atoms with Gasteiger partial charge in [-0.05, 0) is 48.5 Å². The highest BCUT2D eigenvalue weighted by Gasteiger charge is 2.44. The van der Waals surface area contributed by atoms with E-state index in [1.165, 1.54) is 52.8 Å². The third kappa shape index (κ3) is 3.85. The van der Waals surface area contributed by atoms with Crippen LogP contribution in [0.3, 0.4) is 0 Å². The van der Waals surface area contributed by atoms with Crippen molar-refractivity contribution >= 4 is 39.1 Å². The van der Waals surface area contributed by atoms with Gasteiger partial charge in [0.25, 0.3) is 5.91 Å². The van der Waals surface area contributed by atoms with E-state index in [0.29, 0.717) is 23.8 Å². The van der Waals surface area contributed by atoms with E-state index in [9.17, 15) is 22.4 Å². The molecule has 2 aromatic carbocycles. The lowest BCUT2D eigenvalue weighted by atomic mass is 10.2. The molecular formula is C20H19ClFN3O4S. The third-order valence-corrected chi connectivity index (χ3v) is 7.54. The number of anilines is 1. The topological polar surface area (TPSA) is 78.0 Å². The lowest BCUT2D eigenvalue weighted by Gasteiger charge is -2.36. The number of amides is 2. The number of benzene rings is 2. The average Bonchev–Trinajstić information content (AvgIpc) is 3.03. The van der Waals surface area contributed by atoms with E-state index in [0.717, 1.165) is 4.90 Å². The Bertz CT molecular complexity index is 1070. The van der Waals surface area contributed by atoms with Crippen LogP contribution in [0.25, 0.3) is 0 Å². The molecule has 2 heterocycles. The molecule has 0 saturated carbocycles. The monoisotopic (exact) mass is 451 g/mol. The Morgan fingerprint density at radius 2 is 1.50 bits per heavy atom. The summed E-state index contributed by atoms with van der Waals surface area (Å²) in [5.74, 6) is -1.18. The number of piperazine rings is 1. The minimum atomic E-state index is -3.66. The minimum Gasteiger partial charge on any atom is -0.289 e. The quantitative estimate of drug-likeness (QED) is 0.665. The fourth-order valence-electron chi connectivity index (χ4n) is 3.77. The standard InChI is InChI=1S/C20H19ClFN3O4S/c21-14-1-7-17(8-2-14)30(28,29)24-11-9-23(10-12-24)18-13-19(26)25(20(18)27)16-5-3-15(22)4-6-16/h1-8,18H,9-13H2. The number of imide groups is 1. The Kier molecular flexibility index (Phi) is 5.63. The second-order valence-corrected chi connectivity index (χ2v) is 9.53. The van der Waals surface area contributed by atoms with Crippen LogP contribution in [-0.4, -0.2) is 61.7 Å². The number of hydrogen-bond acceptors (Lipinski definition) is 5. The lowest BCUT2D eigenvalue weighted by Crippen LogP contribution is -2.53. The molecular weight excluding hydrogens is 433 g/mol. The predicted octanol–water partition coefficient (Wildman–Crippen LogP) is 2.12. The third-order valence-electron chi connectivity index (χ3n) is 5.37. The maximum atomic E-state index is 13.2. The first-order valence-corrected chi connectivity index (χ1v) is 11.2. The maximum absolute atomic E-state index is 13.2. The van der Waals surface area contributed by atoms with Crippen molar-refractivity contribution < 1.29 is 22.4 Å². The summed E-state index contributed by atoms with van der Waals surface area (Å²) in [7, 11) is -3.66. The molecule has 0 N–H and O–H groups in total. The smallest absolute Gasteiger partial charge is 0.251 e. The second kappa shape index (κ2) is 8.07. The van der Waals surface area contributed by atoms with Gasteiger partial charge in [0.05, 0.1) is 23.0 Å². The highest BCUT2D eigenvalue weighted by Crippen LogP contribution is 2.27. The molecule has 0 radical (unpaired) electrons. The van der Waals surface area contributed by atoms with Crippen LogP contribution < -0.4 is 4.90 Å².